The summed E-state index contributed by atoms with van der Waals surface area (Å²) < 4.78 is 0. The molecular formula is C16H23N3O2. The first-order valence-electron chi connectivity index (χ1n) is 7.40. The van der Waals surface area contributed by atoms with Gasteiger partial charge >= 0.3 is 0 Å². The van der Waals surface area contributed by atoms with E-state index in [1.807, 2.05) is 19.1 Å². The Bertz CT molecular complexity index is 542. The number of carbonyl (C=O) groups excluding carboxylic acids is 2. The molecule has 2 unspecified atom stereocenters. The van der Waals surface area contributed by atoms with E-state index in [4.69, 9.17) is 0 Å². The van der Waals surface area contributed by atoms with Crippen molar-refractivity contribution in [2.75, 3.05) is 17.2 Å². The second-order valence-electron chi connectivity index (χ2n) is 5.75. The van der Waals surface area contributed by atoms with Crippen molar-refractivity contribution in [2.24, 2.45) is 5.92 Å². The van der Waals surface area contributed by atoms with Crippen molar-refractivity contribution in [3.63, 3.8) is 0 Å². The van der Waals surface area contributed by atoms with Crippen LogP contribution in [-0.4, -0.2) is 24.4 Å². The number of hydrogen-bond acceptors (Lipinski definition) is 3. The zero-order valence-electron chi connectivity index (χ0n) is 12.8. The molecule has 0 aromatic heterocycles. The summed E-state index contributed by atoms with van der Waals surface area (Å²) in [5, 5.41) is 8.96. The maximum Gasteiger partial charge on any atom is 0.241 e. The normalized spacial score (nSPS) is 21.7. The van der Waals surface area contributed by atoms with Crippen molar-refractivity contribution in [1.82, 2.24) is 5.32 Å². The van der Waals surface area contributed by atoms with E-state index in [0.29, 0.717) is 11.6 Å². The molecule has 2 atom stereocenters. The van der Waals surface area contributed by atoms with Gasteiger partial charge in [0.15, 0.2) is 0 Å². The van der Waals surface area contributed by atoms with Crippen LogP contribution in [0.4, 0.5) is 11.4 Å². The molecule has 1 aliphatic heterocycles. The van der Waals surface area contributed by atoms with Crippen LogP contribution in [0.5, 0.6) is 0 Å². The lowest BCUT2D eigenvalue weighted by Gasteiger charge is -2.29. The summed E-state index contributed by atoms with van der Waals surface area (Å²) in [6.07, 6.45) is 2.18. The van der Waals surface area contributed by atoms with Crippen LogP contribution in [0.15, 0.2) is 18.2 Å². The highest BCUT2D eigenvalue weighted by molar-refractivity contribution is 5.96. The van der Waals surface area contributed by atoms with E-state index < -0.39 is 0 Å². The Morgan fingerprint density at radius 3 is 2.71 bits per heavy atom. The molecule has 21 heavy (non-hydrogen) atoms. The highest BCUT2D eigenvalue weighted by atomic mass is 16.2. The van der Waals surface area contributed by atoms with Crippen molar-refractivity contribution in [1.29, 1.82) is 0 Å². The molecule has 2 amide bonds. The van der Waals surface area contributed by atoms with Crippen molar-refractivity contribution in [3.8, 4) is 0 Å². The van der Waals surface area contributed by atoms with Crippen molar-refractivity contribution >= 4 is 23.2 Å². The number of aryl methyl sites for hydroxylation is 1. The van der Waals surface area contributed by atoms with Gasteiger partial charge in [-0.25, -0.2) is 0 Å². The molecule has 2 rings (SSSR count). The molecule has 1 aromatic carbocycles. The fourth-order valence-corrected chi connectivity index (χ4v) is 2.64. The fourth-order valence-electron chi connectivity index (χ4n) is 2.64. The van der Waals surface area contributed by atoms with Gasteiger partial charge < -0.3 is 16.0 Å². The van der Waals surface area contributed by atoms with Gasteiger partial charge in [-0.1, -0.05) is 13.0 Å². The lowest BCUT2D eigenvalue weighted by Crippen LogP contribution is -2.48. The molecule has 0 aliphatic carbocycles. The molecular weight excluding hydrogens is 266 g/mol. The Balaban J connectivity index is 2.08. The summed E-state index contributed by atoms with van der Waals surface area (Å²) in [5.74, 6) is 0.197. The van der Waals surface area contributed by atoms with Crippen molar-refractivity contribution < 1.29 is 9.59 Å². The molecule has 1 aliphatic rings. The second kappa shape index (κ2) is 6.72. The van der Waals surface area contributed by atoms with Crippen LogP contribution in [0, 0.1) is 12.8 Å². The third kappa shape index (κ3) is 4.04. The van der Waals surface area contributed by atoms with E-state index in [1.54, 1.807) is 6.07 Å². The lowest BCUT2D eigenvalue weighted by atomic mass is 9.92. The minimum atomic E-state index is -0.149. The summed E-state index contributed by atoms with van der Waals surface area (Å²) in [4.78, 5) is 23.5. The average Bonchev–Trinajstić information content (AvgIpc) is 2.42. The van der Waals surface area contributed by atoms with Crippen LogP contribution in [-0.2, 0) is 9.59 Å². The van der Waals surface area contributed by atoms with Gasteiger partial charge in [0.1, 0.15) is 0 Å². The molecule has 0 radical (unpaired) electrons. The number of carbonyl (C=O) groups is 2. The third-order valence-electron chi connectivity index (χ3n) is 3.87. The molecule has 1 fully saturated rings. The predicted octanol–water partition coefficient (Wildman–Crippen LogP) is 2.28. The number of benzene rings is 1. The van der Waals surface area contributed by atoms with Crippen molar-refractivity contribution in [2.45, 2.75) is 39.7 Å². The van der Waals surface area contributed by atoms with Crippen LogP contribution >= 0.6 is 0 Å². The lowest BCUT2D eigenvalue weighted by molar-refractivity contribution is -0.119. The predicted molar refractivity (Wildman–Crippen MR) is 84.3 cm³/mol. The summed E-state index contributed by atoms with van der Waals surface area (Å²) in [7, 11) is 0. The number of anilines is 2. The average molecular weight is 289 g/mol. The monoisotopic (exact) mass is 289 g/mol. The first kappa shape index (κ1) is 15.5. The van der Waals surface area contributed by atoms with Gasteiger partial charge in [-0.2, -0.15) is 0 Å². The number of piperidine rings is 1. The highest BCUT2D eigenvalue weighted by Crippen LogP contribution is 2.22. The Hall–Kier alpha value is -1.88. The van der Waals surface area contributed by atoms with Gasteiger partial charge in [0.2, 0.25) is 11.8 Å². The quantitative estimate of drug-likeness (QED) is 0.799. The summed E-state index contributed by atoms with van der Waals surface area (Å²) >= 11 is 0. The number of hydrogen-bond donors (Lipinski definition) is 3. The summed E-state index contributed by atoms with van der Waals surface area (Å²) in [5.41, 5.74) is 2.39. The fraction of sp³-hybridized carbons (Fsp3) is 0.500. The van der Waals surface area contributed by atoms with Gasteiger partial charge in [-0.15, -0.1) is 0 Å². The van der Waals surface area contributed by atoms with Gasteiger partial charge in [0, 0.05) is 18.3 Å². The zero-order valence-corrected chi connectivity index (χ0v) is 12.8. The number of rotatable bonds is 3. The molecule has 1 aromatic rings. The van der Waals surface area contributed by atoms with Gasteiger partial charge in [0.25, 0.3) is 0 Å². The molecule has 3 N–H and O–H groups in total. The smallest absolute Gasteiger partial charge is 0.241 e. The summed E-state index contributed by atoms with van der Waals surface area (Å²) in [6.45, 7) is 6.36. The SMILES string of the molecule is CC(=O)Nc1cc(NC(=O)C2NCCCC2C)ccc1C. The van der Waals surface area contributed by atoms with E-state index >= 15 is 0 Å². The van der Waals surface area contributed by atoms with E-state index in [9.17, 15) is 9.59 Å². The van der Waals surface area contributed by atoms with Crippen LogP contribution < -0.4 is 16.0 Å². The van der Waals surface area contributed by atoms with E-state index in [2.05, 4.69) is 22.9 Å². The molecule has 0 spiro atoms. The molecule has 1 saturated heterocycles. The molecule has 5 nitrogen and oxygen atoms in total. The Morgan fingerprint density at radius 2 is 2.05 bits per heavy atom. The van der Waals surface area contributed by atoms with Gasteiger partial charge in [-0.3, -0.25) is 9.59 Å². The Morgan fingerprint density at radius 1 is 1.29 bits per heavy atom. The van der Waals surface area contributed by atoms with E-state index in [-0.39, 0.29) is 17.9 Å². The third-order valence-corrected chi connectivity index (χ3v) is 3.87. The maximum atomic E-state index is 12.3. The number of nitrogens with one attached hydrogen (secondary N) is 3. The minimum absolute atomic E-state index is 0.0140. The highest BCUT2D eigenvalue weighted by Gasteiger charge is 2.27. The summed E-state index contributed by atoms with van der Waals surface area (Å²) in [6, 6.07) is 5.39. The van der Waals surface area contributed by atoms with Crippen LogP contribution in [0.25, 0.3) is 0 Å². The number of amides is 2. The molecule has 0 saturated carbocycles. The van der Waals surface area contributed by atoms with Crippen LogP contribution in [0.2, 0.25) is 0 Å². The van der Waals surface area contributed by atoms with Gasteiger partial charge in [0.05, 0.1) is 6.04 Å². The first-order chi connectivity index (χ1) is 9.97. The molecule has 0 bridgehead atoms. The van der Waals surface area contributed by atoms with Crippen molar-refractivity contribution in [3.05, 3.63) is 23.8 Å². The molecule has 1 heterocycles. The van der Waals surface area contributed by atoms with Crippen LogP contribution in [0.1, 0.15) is 32.3 Å². The van der Waals surface area contributed by atoms with Crippen LogP contribution in [0.3, 0.4) is 0 Å². The van der Waals surface area contributed by atoms with E-state index in [1.165, 1.54) is 6.92 Å². The topological polar surface area (TPSA) is 70.2 Å². The molecule has 5 heteroatoms. The molecule has 114 valence electrons. The minimum Gasteiger partial charge on any atom is -0.326 e. The second-order valence-corrected chi connectivity index (χ2v) is 5.75. The standard InChI is InChI=1S/C16H23N3O2/c1-10-6-7-13(9-14(10)18-12(3)20)19-16(21)15-11(2)5-4-8-17-15/h6-7,9,11,15,17H,4-5,8H2,1-3H3,(H,18,20)(H,19,21). The largest absolute Gasteiger partial charge is 0.326 e. The maximum absolute atomic E-state index is 12.3. The first-order valence-corrected chi connectivity index (χ1v) is 7.40. The Kier molecular flexibility index (Phi) is 4.96. The zero-order chi connectivity index (χ0) is 15.4. The van der Waals surface area contributed by atoms with E-state index in [0.717, 1.165) is 30.6 Å². The van der Waals surface area contributed by atoms with Gasteiger partial charge in [-0.05, 0) is 49.9 Å². The Labute approximate surface area is 125 Å².